The number of hydrogen-bond donors (Lipinski definition) is 3. The van der Waals surface area contributed by atoms with Gasteiger partial charge in [0.25, 0.3) is 13.9 Å². The number of aliphatic hydroxyl groups excluding tert-OH is 1. The van der Waals surface area contributed by atoms with Crippen molar-refractivity contribution in [2.24, 2.45) is 10.8 Å². The van der Waals surface area contributed by atoms with E-state index in [4.69, 9.17) is 25.2 Å². The van der Waals surface area contributed by atoms with Crippen molar-refractivity contribution in [3.05, 3.63) is 104 Å². The van der Waals surface area contributed by atoms with E-state index in [2.05, 4.69) is 71.9 Å². The molecule has 1 unspecified atom stereocenters. The van der Waals surface area contributed by atoms with Crippen LogP contribution in [0.1, 0.15) is 39.0 Å². The van der Waals surface area contributed by atoms with E-state index in [1.54, 1.807) is 0 Å². The third-order valence-corrected chi connectivity index (χ3v) is 12.3. The Kier molecular flexibility index (Phi) is 10.4. The average molecular weight is 605 g/mol. The van der Waals surface area contributed by atoms with Gasteiger partial charge in [-0.3, -0.25) is 14.3 Å². The zero-order valence-corrected chi connectivity index (χ0v) is 25.3. The molecular weight excluding hydrogens is 568 g/mol. The highest BCUT2D eigenvalue weighted by molar-refractivity contribution is 6.99. The number of ether oxygens (including phenoxy) is 2. The van der Waals surface area contributed by atoms with Crippen LogP contribution in [0.5, 0.6) is 0 Å². The van der Waals surface area contributed by atoms with Crippen molar-refractivity contribution in [3.63, 3.8) is 0 Å². The van der Waals surface area contributed by atoms with Gasteiger partial charge in [0.1, 0.15) is 17.9 Å². The molecule has 4 rings (SSSR count). The molecule has 0 bridgehead atoms. The van der Waals surface area contributed by atoms with Gasteiger partial charge in [-0.05, 0) is 20.9 Å². The standard InChI is InChI=1S/C30H36N6O6Si/c1-30(2,3)43(22-12-6-4-7-13-22,23-14-8-5-9-15-23)40-20-25-24(41-26(19-37)34-35-32)17-27(42-25)36-18-21(11-10-16-31)28(38)33-29(36)39/h4-9,12-15,18,24-27,37H,16-17,19-20,31H2,1-3H3,(H,33,38,39)/t24-,25-,26?,27-/m1/s1. The lowest BCUT2D eigenvalue weighted by Crippen LogP contribution is -2.67. The Morgan fingerprint density at radius 1 is 1.19 bits per heavy atom. The lowest BCUT2D eigenvalue weighted by molar-refractivity contribution is -0.0877. The summed E-state index contributed by atoms with van der Waals surface area (Å²) in [6.07, 6.45) is -2.04. The molecule has 0 radical (unpaired) electrons. The van der Waals surface area contributed by atoms with Gasteiger partial charge in [-0.2, -0.15) is 0 Å². The summed E-state index contributed by atoms with van der Waals surface area (Å²) in [4.78, 5) is 30.2. The van der Waals surface area contributed by atoms with E-state index in [-0.39, 0.29) is 30.2 Å². The van der Waals surface area contributed by atoms with Gasteiger partial charge < -0.3 is 24.7 Å². The van der Waals surface area contributed by atoms with Gasteiger partial charge in [0, 0.05) is 17.5 Å². The summed E-state index contributed by atoms with van der Waals surface area (Å²) >= 11 is 0. The second kappa shape index (κ2) is 14.0. The molecule has 1 aliphatic heterocycles. The van der Waals surface area contributed by atoms with Crippen LogP contribution in [-0.4, -0.2) is 61.2 Å². The van der Waals surface area contributed by atoms with Crippen molar-refractivity contribution >= 4 is 18.7 Å². The molecule has 2 heterocycles. The van der Waals surface area contributed by atoms with E-state index < -0.39 is 50.8 Å². The summed E-state index contributed by atoms with van der Waals surface area (Å²) in [5.74, 6) is 5.29. The van der Waals surface area contributed by atoms with Crippen LogP contribution >= 0.6 is 0 Å². The Morgan fingerprint density at radius 3 is 2.35 bits per heavy atom. The number of nitrogens with one attached hydrogen (secondary N) is 1. The van der Waals surface area contributed by atoms with Gasteiger partial charge in [0.2, 0.25) is 0 Å². The first-order chi connectivity index (χ1) is 20.6. The van der Waals surface area contributed by atoms with Crippen molar-refractivity contribution in [1.82, 2.24) is 9.55 Å². The van der Waals surface area contributed by atoms with Gasteiger partial charge >= 0.3 is 5.69 Å². The van der Waals surface area contributed by atoms with Crippen LogP contribution in [-0.2, 0) is 13.9 Å². The van der Waals surface area contributed by atoms with Gasteiger partial charge in [-0.15, -0.1) is 0 Å². The average Bonchev–Trinajstić information content (AvgIpc) is 3.39. The third kappa shape index (κ3) is 6.98. The van der Waals surface area contributed by atoms with Crippen LogP contribution < -0.4 is 27.4 Å². The third-order valence-electron chi connectivity index (χ3n) is 7.33. The quantitative estimate of drug-likeness (QED) is 0.104. The summed E-state index contributed by atoms with van der Waals surface area (Å²) in [7, 11) is -2.97. The number of H-pyrrole nitrogens is 1. The summed E-state index contributed by atoms with van der Waals surface area (Å²) in [6, 6.07) is 20.2. The highest BCUT2D eigenvalue weighted by Crippen LogP contribution is 2.38. The first kappa shape index (κ1) is 31.9. The first-order valence-corrected chi connectivity index (χ1v) is 15.8. The maximum Gasteiger partial charge on any atom is 0.330 e. The van der Waals surface area contributed by atoms with Crippen LogP contribution in [0.3, 0.4) is 0 Å². The van der Waals surface area contributed by atoms with E-state index in [9.17, 15) is 14.7 Å². The second-order valence-corrected chi connectivity index (χ2v) is 15.4. The van der Waals surface area contributed by atoms with Crippen LogP contribution in [0.2, 0.25) is 5.04 Å². The van der Waals surface area contributed by atoms with Gasteiger partial charge in [0.05, 0.1) is 25.9 Å². The molecule has 43 heavy (non-hydrogen) atoms. The van der Waals surface area contributed by atoms with E-state index >= 15 is 0 Å². The van der Waals surface area contributed by atoms with Crippen LogP contribution in [0.15, 0.2) is 81.6 Å². The molecule has 2 aromatic carbocycles. The number of aromatic nitrogens is 2. The van der Waals surface area contributed by atoms with E-state index in [0.29, 0.717) is 0 Å². The molecule has 1 aliphatic rings. The van der Waals surface area contributed by atoms with Gasteiger partial charge in [0.15, 0.2) is 6.23 Å². The number of hydrogen-bond acceptors (Lipinski definition) is 8. The lowest BCUT2D eigenvalue weighted by atomic mass is 10.2. The van der Waals surface area contributed by atoms with Crippen molar-refractivity contribution in [2.75, 3.05) is 19.8 Å². The minimum absolute atomic E-state index is 0.0397. The van der Waals surface area contributed by atoms with Crippen molar-refractivity contribution in [2.45, 2.75) is 56.9 Å². The molecule has 0 amide bonds. The molecule has 0 aliphatic carbocycles. The smallest absolute Gasteiger partial charge is 0.330 e. The second-order valence-electron chi connectivity index (χ2n) is 11.1. The van der Waals surface area contributed by atoms with Crippen molar-refractivity contribution in [3.8, 4) is 11.8 Å². The number of benzene rings is 2. The molecule has 0 spiro atoms. The van der Waals surface area contributed by atoms with E-state index in [1.165, 1.54) is 10.8 Å². The van der Waals surface area contributed by atoms with Crippen LogP contribution in [0, 0.1) is 11.8 Å². The Bertz CT molecular complexity index is 1570. The first-order valence-electron chi connectivity index (χ1n) is 13.9. The summed E-state index contributed by atoms with van der Waals surface area (Å²) in [5, 5.41) is 15.1. The number of rotatable bonds is 10. The monoisotopic (exact) mass is 604 g/mol. The minimum Gasteiger partial charge on any atom is -0.405 e. The highest BCUT2D eigenvalue weighted by Gasteiger charge is 2.51. The molecule has 1 aromatic heterocycles. The van der Waals surface area contributed by atoms with E-state index in [1.807, 2.05) is 36.4 Å². The molecule has 0 saturated carbocycles. The molecule has 226 valence electrons. The molecule has 4 atom stereocenters. The number of azide groups is 1. The molecule has 13 heteroatoms. The summed E-state index contributed by atoms with van der Waals surface area (Å²) in [6.45, 7) is 6.01. The maximum absolute atomic E-state index is 12.8. The summed E-state index contributed by atoms with van der Waals surface area (Å²) < 4.78 is 20.7. The molecule has 12 nitrogen and oxygen atoms in total. The fourth-order valence-electron chi connectivity index (χ4n) is 5.43. The normalized spacial score (nSPS) is 19.2. The highest BCUT2D eigenvalue weighted by atomic mass is 28.4. The lowest BCUT2D eigenvalue weighted by Gasteiger charge is -2.43. The molecular formula is C30H36N6O6Si. The fourth-order valence-corrected chi connectivity index (χ4v) is 10.0. The predicted octanol–water partition coefficient (Wildman–Crippen LogP) is 1.72. The van der Waals surface area contributed by atoms with Gasteiger partial charge in [-0.1, -0.05) is 98.4 Å². The summed E-state index contributed by atoms with van der Waals surface area (Å²) in [5.41, 5.74) is 13.2. The maximum atomic E-state index is 12.8. The number of nitrogens with two attached hydrogens (primary N) is 1. The minimum atomic E-state index is -2.97. The SMILES string of the molecule is CC(C)(C)[Si](OC[C@H]1O[C@@H](n2cc(C#CCN)c(=O)[nH]c2=O)C[C@H]1OC(CO)N=[N+]=[N-])(c1ccccc1)c1ccccc1. The topological polar surface area (TPSA) is 178 Å². The Morgan fingerprint density at radius 2 is 1.81 bits per heavy atom. The largest absolute Gasteiger partial charge is 0.405 e. The number of aliphatic hydroxyl groups is 1. The molecule has 1 fully saturated rings. The van der Waals surface area contributed by atoms with Gasteiger partial charge in [-0.25, -0.2) is 4.79 Å². The fraction of sp³-hybridized carbons (Fsp3) is 0.400. The van der Waals surface area contributed by atoms with Crippen LogP contribution in [0.25, 0.3) is 10.4 Å². The Balaban J connectivity index is 1.74. The number of nitrogens with zero attached hydrogens (tertiary/aromatic N) is 4. The van der Waals surface area contributed by atoms with E-state index in [0.717, 1.165) is 10.4 Å². The van der Waals surface area contributed by atoms with Crippen LogP contribution in [0.4, 0.5) is 0 Å². The number of aromatic amines is 1. The Labute approximate surface area is 250 Å². The molecule has 3 aromatic rings. The predicted molar refractivity (Wildman–Crippen MR) is 164 cm³/mol. The molecule has 1 saturated heterocycles. The van der Waals surface area contributed by atoms with Crippen molar-refractivity contribution < 1.29 is 19.0 Å². The Hall–Kier alpha value is -3.99. The van der Waals surface area contributed by atoms with Crippen molar-refractivity contribution in [1.29, 1.82) is 0 Å². The zero-order chi connectivity index (χ0) is 31.0. The molecule has 4 N–H and O–H groups in total. The zero-order valence-electron chi connectivity index (χ0n) is 24.3.